The Morgan fingerprint density at radius 2 is 1.86 bits per heavy atom. The van der Waals surface area contributed by atoms with E-state index in [1.165, 1.54) is 4.90 Å². The summed E-state index contributed by atoms with van der Waals surface area (Å²) in [7, 11) is 0. The molecule has 1 rings (SSSR count). The minimum absolute atomic E-state index is 0.0873. The summed E-state index contributed by atoms with van der Waals surface area (Å²) in [6.45, 7) is 4.18. The maximum atomic E-state index is 8.90. The summed E-state index contributed by atoms with van der Waals surface area (Å²) in [5.41, 5.74) is 6.89. The van der Waals surface area contributed by atoms with Gasteiger partial charge in [-0.2, -0.15) is 0 Å². The van der Waals surface area contributed by atoms with Crippen LogP contribution in [0.5, 0.6) is 0 Å². The molecule has 0 aliphatic rings. The highest BCUT2D eigenvalue weighted by atomic mass is 32.2. The van der Waals surface area contributed by atoms with Crippen LogP contribution in [0.3, 0.4) is 0 Å². The van der Waals surface area contributed by atoms with Gasteiger partial charge in [-0.25, -0.2) is 0 Å². The number of benzene rings is 1. The van der Waals surface area contributed by atoms with E-state index in [0.29, 0.717) is 0 Å². The van der Waals surface area contributed by atoms with Crippen molar-refractivity contribution in [2.45, 2.75) is 30.0 Å². The minimum atomic E-state index is 0.0873. The Morgan fingerprint density at radius 1 is 1.29 bits per heavy atom. The van der Waals surface area contributed by atoms with Gasteiger partial charge in [0.25, 0.3) is 0 Å². The molecule has 78 valence electrons. The summed E-state index contributed by atoms with van der Waals surface area (Å²) in [6.07, 6.45) is 0. The van der Waals surface area contributed by atoms with Crippen molar-refractivity contribution in [2.24, 2.45) is 5.73 Å². The summed E-state index contributed by atoms with van der Waals surface area (Å²) < 4.78 is 0. The number of hydrogen-bond acceptors (Lipinski definition) is 3. The second kappa shape index (κ2) is 5.39. The fourth-order valence-corrected chi connectivity index (χ4v) is 1.95. The van der Waals surface area contributed by atoms with E-state index in [0.717, 1.165) is 5.56 Å². The van der Waals surface area contributed by atoms with E-state index in [-0.39, 0.29) is 17.9 Å². The molecule has 0 heterocycles. The molecule has 1 aromatic rings. The molecule has 2 nitrogen and oxygen atoms in total. The highest BCUT2D eigenvalue weighted by Crippen LogP contribution is 2.24. The SMILES string of the molecule is CC(CO)Sc1ccc(C(C)N)cc1. The van der Waals surface area contributed by atoms with E-state index in [1.807, 2.05) is 26.0 Å². The molecule has 0 amide bonds. The van der Waals surface area contributed by atoms with Crippen LogP contribution < -0.4 is 5.73 Å². The Bertz CT molecular complexity index is 271. The summed E-state index contributed by atoms with van der Waals surface area (Å²) in [4.78, 5) is 1.18. The van der Waals surface area contributed by atoms with Crippen LogP contribution in [0.1, 0.15) is 25.5 Å². The lowest BCUT2D eigenvalue weighted by Gasteiger charge is -2.09. The number of aliphatic hydroxyl groups is 1. The maximum Gasteiger partial charge on any atom is 0.0550 e. The zero-order valence-electron chi connectivity index (χ0n) is 8.60. The van der Waals surface area contributed by atoms with Crippen LogP contribution in [0.25, 0.3) is 0 Å². The number of aliphatic hydroxyl groups excluding tert-OH is 1. The third kappa shape index (κ3) is 3.33. The molecule has 2 unspecified atom stereocenters. The van der Waals surface area contributed by atoms with Crippen molar-refractivity contribution in [1.29, 1.82) is 0 Å². The monoisotopic (exact) mass is 211 g/mol. The van der Waals surface area contributed by atoms with Crippen molar-refractivity contribution in [3.05, 3.63) is 29.8 Å². The molecular weight excluding hydrogens is 194 g/mol. The van der Waals surface area contributed by atoms with Gasteiger partial charge in [0.1, 0.15) is 0 Å². The summed E-state index contributed by atoms with van der Waals surface area (Å²) >= 11 is 1.67. The van der Waals surface area contributed by atoms with Gasteiger partial charge in [0.2, 0.25) is 0 Å². The highest BCUT2D eigenvalue weighted by Gasteiger charge is 2.03. The molecule has 0 saturated heterocycles. The Labute approximate surface area is 89.5 Å². The molecule has 1 aromatic carbocycles. The van der Waals surface area contributed by atoms with Crippen molar-refractivity contribution in [3.8, 4) is 0 Å². The Morgan fingerprint density at radius 3 is 2.29 bits per heavy atom. The predicted molar refractivity (Wildman–Crippen MR) is 61.4 cm³/mol. The predicted octanol–water partition coefficient (Wildman–Crippen LogP) is 2.18. The second-order valence-electron chi connectivity index (χ2n) is 3.47. The summed E-state index contributed by atoms with van der Waals surface area (Å²) in [5, 5.41) is 9.14. The largest absolute Gasteiger partial charge is 0.395 e. The molecule has 0 fully saturated rings. The average Bonchev–Trinajstić information content (AvgIpc) is 2.18. The first kappa shape index (κ1) is 11.6. The van der Waals surface area contributed by atoms with Gasteiger partial charge in [0.05, 0.1) is 6.61 Å². The molecule has 3 N–H and O–H groups in total. The van der Waals surface area contributed by atoms with E-state index in [2.05, 4.69) is 12.1 Å². The van der Waals surface area contributed by atoms with Crippen molar-refractivity contribution in [3.63, 3.8) is 0 Å². The van der Waals surface area contributed by atoms with Crippen LogP contribution in [0.15, 0.2) is 29.2 Å². The van der Waals surface area contributed by atoms with Crippen LogP contribution in [0, 0.1) is 0 Å². The Kier molecular flexibility index (Phi) is 4.45. The third-order valence-corrected chi connectivity index (χ3v) is 3.10. The van der Waals surface area contributed by atoms with E-state index in [1.54, 1.807) is 11.8 Å². The molecule has 0 radical (unpaired) electrons. The number of hydrogen-bond donors (Lipinski definition) is 2. The lowest BCUT2D eigenvalue weighted by molar-refractivity contribution is 0.300. The molecule has 0 aliphatic heterocycles. The topological polar surface area (TPSA) is 46.2 Å². The van der Waals surface area contributed by atoms with E-state index < -0.39 is 0 Å². The highest BCUT2D eigenvalue weighted by molar-refractivity contribution is 8.00. The first-order valence-electron chi connectivity index (χ1n) is 4.76. The van der Waals surface area contributed by atoms with Crippen LogP contribution in [0.4, 0.5) is 0 Å². The van der Waals surface area contributed by atoms with Crippen molar-refractivity contribution < 1.29 is 5.11 Å². The smallest absolute Gasteiger partial charge is 0.0550 e. The fourth-order valence-electron chi connectivity index (χ4n) is 1.12. The molecule has 14 heavy (non-hydrogen) atoms. The fraction of sp³-hybridized carbons (Fsp3) is 0.455. The van der Waals surface area contributed by atoms with E-state index >= 15 is 0 Å². The van der Waals surface area contributed by atoms with Crippen molar-refractivity contribution in [1.82, 2.24) is 0 Å². The maximum absolute atomic E-state index is 8.90. The second-order valence-corrected chi connectivity index (χ2v) is 4.98. The first-order chi connectivity index (χ1) is 6.63. The van der Waals surface area contributed by atoms with Gasteiger partial charge in [0, 0.05) is 16.2 Å². The number of nitrogens with two attached hydrogens (primary N) is 1. The van der Waals surface area contributed by atoms with Gasteiger partial charge in [-0.1, -0.05) is 19.1 Å². The minimum Gasteiger partial charge on any atom is -0.395 e. The Balaban J connectivity index is 2.64. The lowest BCUT2D eigenvalue weighted by atomic mass is 10.1. The van der Waals surface area contributed by atoms with Crippen molar-refractivity contribution >= 4 is 11.8 Å². The standard InChI is InChI=1S/C11H17NOS/c1-8(7-13)14-11-5-3-10(4-6-11)9(2)12/h3-6,8-9,13H,7,12H2,1-2H3. The van der Waals surface area contributed by atoms with Crippen LogP contribution in [-0.4, -0.2) is 17.0 Å². The van der Waals surface area contributed by atoms with Crippen LogP contribution in [0.2, 0.25) is 0 Å². The van der Waals surface area contributed by atoms with Crippen LogP contribution >= 0.6 is 11.8 Å². The zero-order chi connectivity index (χ0) is 10.6. The van der Waals surface area contributed by atoms with E-state index in [9.17, 15) is 0 Å². The van der Waals surface area contributed by atoms with Gasteiger partial charge < -0.3 is 10.8 Å². The number of rotatable bonds is 4. The van der Waals surface area contributed by atoms with Crippen molar-refractivity contribution in [2.75, 3.05) is 6.61 Å². The molecule has 0 bridgehead atoms. The molecule has 0 aliphatic carbocycles. The number of thioether (sulfide) groups is 1. The molecule has 0 aromatic heterocycles. The quantitative estimate of drug-likeness (QED) is 0.750. The molecule has 0 spiro atoms. The van der Waals surface area contributed by atoms with Gasteiger partial charge in [0.15, 0.2) is 0 Å². The van der Waals surface area contributed by atoms with Gasteiger partial charge in [-0.05, 0) is 24.6 Å². The summed E-state index contributed by atoms with van der Waals surface area (Å²) in [6, 6.07) is 8.27. The molecule has 0 saturated carbocycles. The van der Waals surface area contributed by atoms with E-state index in [4.69, 9.17) is 10.8 Å². The summed E-state index contributed by atoms with van der Waals surface area (Å²) in [5.74, 6) is 0. The third-order valence-electron chi connectivity index (χ3n) is 2.00. The van der Waals surface area contributed by atoms with Crippen LogP contribution in [-0.2, 0) is 0 Å². The Hall–Kier alpha value is -0.510. The van der Waals surface area contributed by atoms with Gasteiger partial charge >= 0.3 is 0 Å². The molecular formula is C11H17NOS. The molecule has 2 atom stereocenters. The molecule has 3 heteroatoms. The van der Waals surface area contributed by atoms with Gasteiger partial charge in [-0.15, -0.1) is 11.8 Å². The first-order valence-corrected chi connectivity index (χ1v) is 5.64. The average molecular weight is 211 g/mol. The zero-order valence-corrected chi connectivity index (χ0v) is 9.42. The lowest BCUT2D eigenvalue weighted by Crippen LogP contribution is -2.04. The normalized spacial score (nSPS) is 15.1. The van der Waals surface area contributed by atoms with Gasteiger partial charge in [-0.3, -0.25) is 0 Å².